The number of benzene rings is 1. The highest BCUT2D eigenvalue weighted by atomic mass is 19.1. The van der Waals surface area contributed by atoms with Crippen molar-refractivity contribution < 1.29 is 13.6 Å². The molecule has 0 unspecified atom stereocenters. The molecule has 0 spiro atoms. The van der Waals surface area contributed by atoms with Crippen molar-refractivity contribution in [2.24, 2.45) is 0 Å². The Morgan fingerprint density at radius 1 is 1.10 bits per heavy atom. The maximum Gasteiger partial charge on any atom is 0.261 e. The molecule has 150 valence electrons. The van der Waals surface area contributed by atoms with E-state index in [9.17, 15) is 9.18 Å². The third-order valence-corrected chi connectivity index (χ3v) is 5.13. The highest BCUT2D eigenvalue weighted by Crippen LogP contribution is 2.22. The van der Waals surface area contributed by atoms with Gasteiger partial charge in [-0.25, -0.2) is 9.37 Å². The molecule has 0 aliphatic carbocycles. The molecule has 7 heteroatoms. The van der Waals surface area contributed by atoms with Gasteiger partial charge in [0.1, 0.15) is 17.9 Å². The van der Waals surface area contributed by atoms with Crippen molar-refractivity contribution in [3.05, 3.63) is 78.1 Å². The summed E-state index contributed by atoms with van der Waals surface area (Å²) in [6.45, 7) is 4.25. The van der Waals surface area contributed by atoms with Crippen LogP contribution in [0.2, 0.25) is 0 Å². The predicted molar refractivity (Wildman–Crippen MR) is 110 cm³/mol. The monoisotopic (exact) mass is 394 g/mol. The van der Waals surface area contributed by atoms with Gasteiger partial charge in [-0.05, 0) is 49.0 Å². The average molecular weight is 394 g/mol. The number of amides is 1. The lowest BCUT2D eigenvalue weighted by atomic mass is 10.2. The number of carbonyl (C=O) groups excluding carboxylic acids is 1. The first-order valence-corrected chi connectivity index (χ1v) is 9.58. The number of nitrogens with zero attached hydrogens (tertiary/aromatic N) is 4. The van der Waals surface area contributed by atoms with Gasteiger partial charge in [0.25, 0.3) is 5.91 Å². The second-order valence-corrected chi connectivity index (χ2v) is 7.19. The molecular formula is C22H23FN4O2. The van der Waals surface area contributed by atoms with E-state index in [1.165, 1.54) is 24.7 Å². The lowest BCUT2D eigenvalue weighted by Gasteiger charge is -2.33. The second kappa shape index (κ2) is 8.45. The number of likely N-dealkylation sites (N-methyl/N-ethyl adjacent to an activating group) is 1. The molecule has 1 saturated heterocycles. The molecule has 4 rings (SSSR count). The number of pyridine rings is 1. The summed E-state index contributed by atoms with van der Waals surface area (Å²) >= 11 is 0. The van der Waals surface area contributed by atoms with Crippen LogP contribution in [-0.4, -0.2) is 49.0 Å². The lowest BCUT2D eigenvalue weighted by Crippen LogP contribution is -2.44. The summed E-state index contributed by atoms with van der Waals surface area (Å²) in [6, 6.07) is 11.5. The number of anilines is 2. The fraction of sp³-hybridized carbons (Fsp3) is 0.273. The SMILES string of the molecule is CN1CCN(c2ccc(CN(C(=O)c3ccoc3)c3ccc(F)cc3)cn2)CC1. The third kappa shape index (κ3) is 4.46. The van der Waals surface area contributed by atoms with E-state index < -0.39 is 0 Å². The molecule has 0 N–H and O–H groups in total. The zero-order chi connectivity index (χ0) is 20.2. The first-order chi connectivity index (χ1) is 14.1. The summed E-state index contributed by atoms with van der Waals surface area (Å²) < 4.78 is 18.4. The summed E-state index contributed by atoms with van der Waals surface area (Å²) in [7, 11) is 2.12. The number of furan rings is 1. The van der Waals surface area contributed by atoms with Crippen molar-refractivity contribution >= 4 is 17.4 Å². The minimum Gasteiger partial charge on any atom is -0.472 e. The normalized spacial score (nSPS) is 14.8. The number of hydrogen-bond acceptors (Lipinski definition) is 5. The van der Waals surface area contributed by atoms with Gasteiger partial charge < -0.3 is 19.1 Å². The highest BCUT2D eigenvalue weighted by molar-refractivity contribution is 6.05. The lowest BCUT2D eigenvalue weighted by molar-refractivity contribution is 0.0984. The first-order valence-electron chi connectivity index (χ1n) is 9.58. The number of rotatable bonds is 5. The Morgan fingerprint density at radius 2 is 1.86 bits per heavy atom. The van der Waals surface area contributed by atoms with Gasteiger partial charge in [-0.1, -0.05) is 6.07 Å². The third-order valence-electron chi connectivity index (χ3n) is 5.13. The van der Waals surface area contributed by atoms with Crippen LogP contribution in [0.15, 0.2) is 65.6 Å². The minimum absolute atomic E-state index is 0.214. The van der Waals surface area contributed by atoms with Crippen LogP contribution in [0.25, 0.3) is 0 Å². The number of carbonyl (C=O) groups is 1. The van der Waals surface area contributed by atoms with Gasteiger partial charge in [0.15, 0.2) is 0 Å². The minimum atomic E-state index is -0.345. The highest BCUT2D eigenvalue weighted by Gasteiger charge is 2.20. The second-order valence-electron chi connectivity index (χ2n) is 7.19. The van der Waals surface area contributed by atoms with Crippen LogP contribution in [0.1, 0.15) is 15.9 Å². The molecule has 1 aliphatic rings. The molecule has 29 heavy (non-hydrogen) atoms. The summed E-state index contributed by atoms with van der Waals surface area (Å²) in [5.74, 6) is 0.382. The Balaban J connectivity index is 1.54. The maximum atomic E-state index is 13.4. The standard InChI is InChI=1S/C22H23FN4O2/c1-25-9-11-26(12-10-25)21-7-2-17(14-24-21)15-27(20-5-3-19(23)4-6-20)22(28)18-8-13-29-16-18/h2-8,13-14,16H,9-12,15H2,1H3. The van der Waals surface area contributed by atoms with Crippen LogP contribution in [0.3, 0.4) is 0 Å². The van der Waals surface area contributed by atoms with Gasteiger partial charge in [0, 0.05) is 38.1 Å². The van der Waals surface area contributed by atoms with Gasteiger partial charge in [-0.3, -0.25) is 4.79 Å². The largest absolute Gasteiger partial charge is 0.472 e. The molecule has 3 heterocycles. The molecule has 1 aromatic carbocycles. The summed E-state index contributed by atoms with van der Waals surface area (Å²) in [5, 5.41) is 0. The Labute approximate surface area is 169 Å². The smallest absolute Gasteiger partial charge is 0.261 e. The summed E-state index contributed by atoms with van der Waals surface area (Å²) in [5.41, 5.74) is 1.95. The zero-order valence-corrected chi connectivity index (χ0v) is 16.3. The van der Waals surface area contributed by atoms with Crippen LogP contribution < -0.4 is 9.80 Å². The molecule has 6 nitrogen and oxygen atoms in total. The molecular weight excluding hydrogens is 371 g/mol. The number of halogens is 1. The van der Waals surface area contributed by atoms with Crippen LogP contribution in [-0.2, 0) is 6.54 Å². The quantitative estimate of drug-likeness (QED) is 0.664. The van der Waals surface area contributed by atoms with Gasteiger partial charge >= 0.3 is 0 Å². The molecule has 0 bridgehead atoms. The topological polar surface area (TPSA) is 52.8 Å². The van der Waals surface area contributed by atoms with Crippen molar-refractivity contribution in [3.63, 3.8) is 0 Å². The number of aromatic nitrogens is 1. The van der Waals surface area contributed by atoms with E-state index in [2.05, 4.69) is 21.8 Å². The van der Waals surface area contributed by atoms with Gasteiger partial charge in [0.05, 0.1) is 18.4 Å². The number of hydrogen-bond donors (Lipinski definition) is 0. The van der Waals surface area contributed by atoms with Crippen molar-refractivity contribution in [1.29, 1.82) is 0 Å². The Morgan fingerprint density at radius 3 is 2.48 bits per heavy atom. The average Bonchev–Trinajstić information content (AvgIpc) is 3.28. The predicted octanol–water partition coefficient (Wildman–Crippen LogP) is 3.41. The van der Waals surface area contributed by atoms with Crippen LogP contribution in [0.5, 0.6) is 0 Å². The van der Waals surface area contributed by atoms with Crippen LogP contribution in [0.4, 0.5) is 15.9 Å². The molecule has 1 aliphatic heterocycles. The fourth-order valence-electron chi connectivity index (χ4n) is 3.36. The zero-order valence-electron chi connectivity index (χ0n) is 16.3. The first kappa shape index (κ1) is 19.1. The maximum absolute atomic E-state index is 13.4. The fourth-order valence-corrected chi connectivity index (χ4v) is 3.36. The van der Waals surface area contributed by atoms with Gasteiger partial charge in [0.2, 0.25) is 0 Å². The van der Waals surface area contributed by atoms with E-state index in [1.807, 2.05) is 12.1 Å². The van der Waals surface area contributed by atoms with E-state index in [1.54, 1.807) is 29.3 Å². The molecule has 1 fully saturated rings. The van der Waals surface area contributed by atoms with E-state index in [4.69, 9.17) is 4.42 Å². The Hall–Kier alpha value is -3.19. The Kier molecular flexibility index (Phi) is 5.57. The molecule has 2 aromatic heterocycles. The van der Waals surface area contributed by atoms with Crippen LogP contribution in [0, 0.1) is 5.82 Å². The Bertz CT molecular complexity index is 934. The molecule has 0 atom stereocenters. The van der Waals surface area contributed by atoms with Gasteiger partial charge in [-0.15, -0.1) is 0 Å². The molecule has 0 saturated carbocycles. The molecule has 0 radical (unpaired) electrons. The summed E-state index contributed by atoms with van der Waals surface area (Å²) in [4.78, 5) is 23.7. The van der Waals surface area contributed by atoms with Crippen molar-refractivity contribution in [2.45, 2.75) is 6.54 Å². The van der Waals surface area contributed by atoms with E-state index in [0.29, 0.717) is 17.8 Å². The van der Waals surface area contributed by atoms with Crippen molar-refractivity contribution in [1.82, 2.24) is 9.88 Å². The number of piperazine rings is 1. The van der Waals surface area contributed by atoms with Crippen LogP contribution >= 0.6 is 0 Å². The van der Waals surface area contributed by atoms with Gasteiger partial charge in [-0.2, -0.15) is 0 Å². The van der Waals surface area contributed by atoms with E-state index in [0.717, 1.165) is 37.6 Å². The molecule has 3 aromatic rings. The van der Waals surface area contributed by atoms with Crippen molar-refractivity contribution in [3.8, 4) is 0 Å². The van der Waals surface area contributed by atoms with E-state index in [-0.39, 0.29) is 11.7 Å². The van der Waals surface area contributed by atoms with E-state index >= 15 is 0 Å². The molecule has 1 amide bonds. The summed E-state index contributed by atoms with van der Waals surface area (Å²) in [6.07, 6.45) is 4.67. The van der Waals surface area contributed by atoms with Crippen molar-refractivity contribution in [2.75, 3.05) is 43.0 Å².